The van der Waals surface area contributed by atoms with Crippen LogP contribution >= 0.6 is 11.6 Å². The van der Waals surface area contributed by atoms with Crippen molar-refractivity contribution in [2.75, 3.05) is 5.32 Å². The molecular formula is C18H10ClF6N3O. The normalized spacial score (nSPS) is 11.6. The Kier molecular flexibility index (Phi) is 5.31. The fourth-order valence-electron chi connectivity index (χ4n) is 2.64. The van der Waals surface area contributed by atoms with Crippen LogP contribution in [0.15, 0.2) is 36.4 Å². The summed E-state index contributed by atoms with van der Waals surface area (Å²) in [5, 5.41) is 4.90. The minimum Gasteiger partial charge on any atom is -0.321 e. The molecule has 1 N–H and O–H groups in total. The Morgan fingerprint density at radius 1 is 1.10 bits per heavy atom. The maximum Gasteiger partial charge on any atom is 0.436 e. The monoisotopic (exact) mass is 433 g/mol. The topological polar surface area (TPSA) is 46.9 Å². The van der Waals surface area contributed by atoms with E-state index in [0.717, 1.165) is 7.05 Å². The van der Waals surface area contributed by atoms with Gasteiger partial charge in [0.1, 0.15) is 10.7 Å². The van der Waals surface area contributed by atoms with Gasteiger partial charge in [-0.15, -0.1) is 0 Å². The molecule has 1 aromatic heterocycles. The number of alkyl halides is 3. The molecule has 1 amide bonds. The Labute approximate surface area is 164 Å². The number of carbonyl (C=O) groups is 1. The molecule has 152 valence electrons. The van der Waals surface area contributed by atoms with Crippen LogP contribution in [0.5, 0.6) is 0 Å². The highest BCUT2D eigenvalue weighted by atomic mass is 35.5. The van der Waals surface area contributed by atoms with Gasteiger partial charge < -0.3 is 5.32 Å². The number of rotatable bonds is 3. The second-order valence-corrected chi connectivity index (χ2v) is 6.25. The molecule has 29 heavy (non-hydrogen) atoms. The number of amides is 1. The number of halogens is 7. The number of para-hydroxylation sites is 1. The Morgan fingerprint density at radius 2 is 1.69 bits per heavy atom. The van der Waals surface area contributed by atoms with Crippen LogP contribution in [0, 0.1) is 17.5 Å². The quantitative estimate of drug-likeness (QED) is 0.442. The standard InChI is InChI=1S/C18H10ClF6N3O/c1-28-16(19)13(15(27-28)18(23,24)25)17(29)26-12-5-3-2-4-9(12)8-6-10(20)14(22)11(21)7-8/h2-7H,1H3,(H,26,29). The number of aryl methyl sites for hydroxylation is 1. The molecule has 0 aliphatic heterocycles. The fourth-order valence-corrected chi connectivity index (χ4v) is 2.86. The minimum atomic E-state index is -4.94. The zero-order valence-electron chi connectivity index (χ0n) is 14.4. The van der Waals surface area contributed by atoms with Gasteiger partial charge in [0.05, 0.1) is 0 Å². The molecule has 0 saturated heterocycles. The number of hydrogen-bond donors (Lipinski definition) is 1. The van der Waals surface area contributed by atoms with E-state index in [9.17, 15) is 31.1 Å². The van der Waals surface area contributed by atoms with Crippen molar-refractivity contribution in [2.45, 2.75) is 6.18 Å². The van der Waals surface area contributed by atoms with Crippen LogP contribution in [-0.4, -0.2) is 15.7 Å². The van der Waals surface area contributed by atoms with Gasteiger partial charge in [-0.25, -0.2) is 13.2 Å². The van der Waals surface area contributed by atoms with E-state index in [1.807, 2.05) is 0 Å². The molecule has 0 spiro atoms. The minimum absolute atomic E-state index is 0.0484. The number of nitrogens with one attached hydrogen (secondary N) is 1. The number of hydrogen-bond acceptors (Lipinski definition) is 2. The summed E-state index contributed by atoms with van der Waals surface area (Å²) in [4.78, 5) is 12.5. The number of benzene rings is 2. The summed E-state index contributed by atoms with van der Waals surface area (Å²) in [5.74, 6) is -5.83. The summed E-state index contributed by atoms with van der Waals surface area (Å²) in [5.41, 5.74) is -2.56. The fraction of sp³-hybridized carbons (Fsp3) is 0.111. The van der Waals surface area contributed by atoms with E-state index >= 15 is 0 Å². The summed E-state index contributed by atoms with van der Waals surface area (Å²) < 4.78 is 80.6. The van der Waals surface area contributed by atoms with Gasteiger partial charge in [0.2, 0.25) is 0 Å². The predicted molar refractivity (Wildman–Crippen MR) is 92.9 cm³/mol. The highest BCUT2D eigenvalue weighted by Crippen LogP contribution is 2.36. The first-order valence-electron chi connectivity index (χ1n) is 7.85. The second kappa shape index (κ2) is 7.43. The van der Waals surface area contributed by atoms with Gasteiger partial charge in [-0.3, -0.25) is 9.48 Å². The van der Waals surface area contributed by atoms with Crippen LogP contribution < -0.4 is 5.32 Å². The Morgan fingerprint density at radius 3 is 2.28 bits per heavy atom. The Balaban J connectivity index is 2.05. The lowest BCUT2D eigenvalue weighted by atomic mass is 10.0. The van der Waals surface area contributed by atoms with Gasteiger partial charge in [0, 0.05) is 18.3 Å². The molecule has 2 aromatic carbocycles. The Hall–Kier alpha value is -3.01. The summed E-state index contributed by atoms with van der Waals surface area (Å²) in [6.07, 6.45) is -4.94. The summed E-state index contributed by atoms with van der Waals surface area (Å²) >= 11 is 5.80. The first-order chi connectivity index (χ1) is 13.5. The average molecular weight is 434 g/mol. The summed E-state index contributed by atoms with van der Waals surface area (Å²) in [6, 6.07) is 6.93. The van der Waals surface area contributed by atoms with Crippen LogP contribution in [0.1, 0.15) is 16.1 Å². The van der Waals surface area contributed by atoms with Crippen molar-refractivity contribution in [3.63, 3.8) is 0 Å². The van der Waals surface area contributed by atoms with Crippen molar-refractivity contribution in [1.82, 2.24) is 9.78 Å². The number of nitrogens with zero attached hydrogens (tertiary/aromatic N) is 2. The molecule has 3 rings (SSSR count). The smallest absolute Gasteiger partial charge is 0.321 e. The first kappa shape index (κ1) is 20.7. The van der Waals surface area contributed by atoms with Crippen molar-refractivity contribution < 1.29 is 31.1 Å². The maximum absolute atomic E-state index is 13.6. The van der Waals surface area contributed by atoms with Crippen LogP contribution in [-0.2, 0) is 13.2 Å². The predicted octanol–water partition coefficient (Wildman–Crippen LogP) is 5.43. The SMILES string of the molecule is Cn1nc(C(F)(F)F)c(C(=O)Nc2ccccc2-c2cc(F)c(F)c(F)c2)c1Cl. The first-order valence-corrected chi connectivity index (χ1v) is 8.23. The lowest BCUT2D eigenvalue weighted by Gasteiger charge is -2.13. The molecule has 0 atom stereocenters. The van der Waals surface area contributed by atoms with Crippen LogP contribution in [0.4, 0.5) is 32.0 Å². The van der Waals surface area contributed by atoms with Gasteiger partial charge in [0.25, 0.3) is 5.91 Å². The molecule has 0 saturated carbocycles. The highest BCUT2D eigenvalue weighted by Gasteiger charge is 2.41. The third kappa shape index (κ3) is 3.93. The molecule has 11 heteroatoms. The van der Waals surface area contributed by atoms with Crippen molar-refractivity contribution >= 4 is 23.2 Å². The van der Waals surface area contributed by atoms with Crippen molar-refractivity contribution in [1.29, 1.82) is 0 Å². The Bertz CT molecular complexity index is 1090. The maximum atomic E-state index is 13.6. The average Bonchev–Trinajstić information content (AvgIpc) is 2.95. The van der Waals surface area contributed by atoms with E-state index in [-0.39, 0.29) is 16.8 Å². The van der Waals surface area contributed by atoms with Crippen LogP contribution in [0.25, 0.3) is 11.1 Å². The van der Waals surface area contributed by atoms with E-state index in [1.165, 1.54) is 24.3 Å². The molecule has 0 radical (unpaired) electrons. The third-order valence-corrected chi connectivity index (χ3v) is 4.38. The molecule has 0 aliphatic carbocycles. The van der Waals surface area contributed by atoms with Crippen LogP contribution in [0.2, 0.25) is 5.15 Å². The molecule has 1 heterocycles. The van der Waals surface area contributed by atoms with Crippen molar-refractivity contribution in [3.05, 3.63) is 70.3 Å². The van der Waals surface area contributed by atoms with Crippen LogP contribution in [0.3, 0.4) is 0 Å². The molecule has 0 fully saturated rings. The largest absolute Gasteiger partial charge is 0.436 e. The summed E-state index contributed by atoms with van der Waals surface area (Å²) in [7, 11) is 1.13. The zero-order valence-corrected chi connectivity index (χ0v) is 15.2. The lowest BCUT2D eigenvalue weighted by Crippen LogP contribution is -2.18. The zero-order chi connectivity index (χ0) is 21.5. The third-order valence-electron chi connectivity index (χ3n) is 3.94. The van der Waals surface area contributed by atoms with Gasteiger partial charge in [-0.1, -0.05) is 29.8 Å². The second-order valence-electron chi connectivity index (χ2n) is 5.89. The van der Waals surface area contributed by atoms with E-state index in [4.69, 9.17) is 11.6 Å². The van der Waals surface area contributed by atoms with Crippen molar-refractivity contribution in [2.24, 2.45) is 7.05 Å². The molecule has 0 unspecified atom stereocenters. The number of anilines is 1. The van der Waals surface area contributed by atoms with E-state index in [0.29, 0.717) is 16.8 Å². The summed E-state index contributed by atoms with van der Waals surface area (Å²) in [6.45, 7) is 0. The van der Waals surface area contributed by atoms with Crippen molar-refractivity contribution in [3.8, 4) is 11.1 Å². The lowest BCUT2D eigenvalue weighted by molar-refractivity contribution is -0.141. The van der Waals surface area contributed by atoms with Gasteiger partial charge in [-0.2, -0.15) is 18.3 Å². The van der Waals surface area contributed by atoms with E-state index < -0.39 is 45.9 Å². The van der Waals surface area contributed by atoms with Gasteiger partial charge in [-0.05, 0) is 23.8 Å². The molecule has 0 bridgehead atoms. The number of aromatic nitrogens is 2. The van der Waals surface area contributed by atoms with Gasteiger partial charge in [0.15, 0.2) is 23.1 Å². The molecule has 4 nitrogen and oxygen atoms in total. The van der Waals surface area contributed by atoms with Gasteiger partial charge >= 0.3 is 6.18 Å². The van der Waals surface area contributed by atoms with E-state index in [1.54, 1.807) is 0 Å². The molecular weight excluding hydrogens is 424 g/mol. The molecule has 3 aromatic rings. The number of carbonyl (C=O) groups excluding carboxylic acids is 1. The highest BCUT2D eigenvalue weighted by molar-refractivity contribution is 6.33. The molecule has 0 aliphatic rings. The van der Waals surface area contributed by atoms with E-state index in [2.05, 4.69) is 10.4 Å².